The standard InChI is InChI=1S/C38H57F2N7O6/c1-36(2,3)30(44-35(53)45-38(6)17-13-10-14-18-38)34(52)47-21-23-27(37(23,4)5)29(47)32(50)42-24(19-25(39)40)31(49)41-20-26(48)43-28(33(51)46(7)8)22-15-11-9-12-16-22/h9,11-12,15-16,23-25,27-30H,10,13-14,17-21H2,1-8H3,(H,41,49)(H,42,50)(H,43,48)(H2,44,45,53)/t23?,24-,27?,28-,29-,30+/m0/s1. The fraction of sp³-hybridized carbons (Fsp3) is 0.684. The fourth-order valence-corrected chi connectivity index (χ4v) is 7.89. The second-order valence-corrected chi connectivity index (χ2v) is 17.0. The Balaban J connectivity index is 1.46. The zero-order valence-corrected chi connectivity index (χ0v) is 32.2. The number of hydrogen-bond acceptors (Lipinski definition) is 6. The molecule has 3 fully saturated rings. The number of nitrogens with zero attached hydrogens (tertiary/aromatic N) is 2. The van der Waals surface area contributed by atoms with E-state index in [1.807, 2.05) is 41.5 Å². The summed E-state index contributed by atoms with van der Waals surface area (Å²) in [4.78, 5) is 83.3. The Morgan fingerprint density at radius 1 is 0.925 bits per heavy atom. The van der Waals surface area contributed by atoms with Crippen LogP contribution in [0.4, 0.5) is 13.6 Å². The van der Waals surface area contributed by atoms with Gasteiger partial charge >= 0.3 is 6.03 Å². The van der Waals surface area contributed by atoms with Crippen LogP contribution >= 0.6 is 0 Å². The molecule has 1 heterocycles. The summed E-state index contributed by atoms with van der Waals surface area (Å²) in [6.07, 6.45) is 0.715. The molecular formula is C38H57F2N7O6. The largest absolute Gasteiger partial charge is 0.347 e. The number of alkyl halides is 2. The molecule has 4 rings (SSSR count). The number of benzene rings is 1. The molecule has 13 nitrogen and oxygen atoms in total. The second kappa shape index (κ2) is 16.4. The van der Waals surface area contributed by atoms with Gasteiger partial charge in [-0.25, -0.2) is 13.6 Å². The maximum Gasteiger partial charge on any atom is 0.315 e. The summed E-state index contributed by atoms with van der Waals surface area (Å²) < 4.78 is 27.6. The van der Waals surface area contributed by atoms with Gasteiger partial charge in [-0.2, -0.15) is 0 Å². The number of rotatable bonds is 13. The number of carbonyl (C=O) groups excluding carboxylic acids is 6. The zero-order chi connectivity index (χ0) is 39.5. The molecular weight excluding hydrogens is 688 g/mol. The molecule has 0 radical (unpaired) electrons. The number of likely N-dealkylation sites (N-methyl/N-ethyl adjacent to an activating group) is 1. The predicted molar refractivity (Wildman–Crippen MR) is 194 cm³/mol. The summed E-state index contributed by atoms with van der Waals surface area (Å²) in [5, 5.41) is 13.3. The van der Waals surface area contributed by atoms with Crippen molar-refractivity contribution in [2.24, 2.45) is 22.7 Å². The van der Waals surface area contributed by atoms with Gasteiger partial charge in [-0.05, 0) is 48.0 Å². The summed E-state index contributed by atoms with van der Waals surface area (Å²) in [7, 11) is 3.06. The van der Waals surface area contributed by atoms with Crippen molar-refractivity contribution >= 4 is 35.6 Å². The first kappa shape index (κ1) is 41.5. The van der Waals surface area contributed by atoms with E-state index in [1.165, 1.54) is 23.9 Å². The smallest absolute Gasteiger partial charge is 0.315 e. The normalized spacial score (nSPS) is 23.1. The number of likely N-dealkylation sites (tertiary alicyclic amines) is 1. The Morgan fingerprint density at radius 3 is 2.11 bits per heavy atom. The van der Waals surface area contributed by atoms with Crippen LogP contribution in [0.25, 0.3) is 0 Å². The Morgan fingerprint density at radius 2 is 1.55 bits per heavy atom. The number of piperidine rings is 1. The van der Waals surface area contributed by atoms with Crippen LogP contribution < -0.4 is 26.6 Å². The average Bonchev–Trinajstić information content (AvgIpc) is 3.37. The van der Waals surface area contributed by atoms with E-state index < -0.39 is 90.1 Å². The van der Waals surface area contributed by atoms with Gasteiger partial charge in [-0.1, -0.05) is 84.2 Å². The lowest BCUT2D eigenvalue weighted by Crippen LogP contribution is -2.62. The molecule has 1 aromatic carbocycles. The summed E-state index contributed by atoms with van der Waals surface area (Å²) in [6.45, 7) is 10.9. The van der Waals surface area contributed by atoms with Crippen LogP contribution in [0.15, 0.2) is 30.3 Å². The van der Waals surface area contributed by atoms with Crippen molar-refractivity contribution in [1.82, 2.24) is 36.4 Å². The van der Waals surface area contributed by atoms with Gasteiger partial charge in [-0.15, -0.1) is 0 Å². The van der Waals surface area contributed by atoms with Crippen molar-refractivity contribution in [3.63, 3.8) is 0 Å². The summed E-state index contributed by atoms with van der Waals surface area (Å²) in [5.74, 6) is -3.78. The van der Waals surface area contributed by atoms with Gasteiger partial charge < -0.3 is 36.4 Å². The minimum atomic E-state index is -2.98. The highest BCUT2D eigenvalue weighted by Gasteiger charge is 2.70. The van der Waals surface area contributed by atoms with E-state index in [2.05, 4.69) is 26.6 Å². The molecule has 7 amide bonds. The Kier molecular flexibility index (Phi) is 12.8. The number of urea groups is 1. The minimum Gasteiger partial charge on any atom is -0.347 e. The highest BCUT2D eigenvalue weighted by molar-refractivity contribution is 5.97. The van der Waals surface area contributed by atoms with Crippen LogP contribution in [0.2, 0.25) is 0 Å². The first-order chi connectivity index (χ1) is 24.7. The molecule has 2 unspecified atom stereocenters. The maximum atomic E-state index is 14.3. The molecule has 1 aromatic rings. The molecule has 0 spiro atoms. The fourth-order valence-electron chi connectivity index (χ4n) is 7.89. The zero-order valence-electron chi connectivity index (χ0n) is 32.2. The third kappa shape index (κ3) is 10.0. The Labute approximate surface area is 311 Å². The maximum absolute atomic E-state index is 14.3. The number of carbonyl (C=O) groups is 6. The van der Waals surface area contributed by atoms with E-state index in [0.717, 1.165) is 32.1 Å². The van der Waals surface area contributed by atoms with Crippen molar-refractivity contribution in [2.75, 3.05) is 27.2 Å². The molecule has 2 aliphatic carbocycles. The Hall–Kier alpha value is -4.30. The van der Waals surface area contributed by atoms with Gasteiger partial charge in [0, 0.05) is 32.6 Å². The lowest BCUT2D eigenvalue weighted by atomic mass is 9.83. The molecule has 0 aromatic heterocycles. The van der Waals surface area contributed by atoms with Crippen LogP contribution in [0.1, 0.15) is 91.7 Å². The topological polar surface area (TPSA) is 169 Å². The van der Waals surface area contributed by atoms with Gasteiger partial charge in [0.15, 0.2) is 0 Å². The molecule has 1 aliphatic heterocycles. The highest BCUT2D eigenvalue weighted by Crippen LogP contribution is 2.65. The molecule has 5 N–H and O–H groups in total. The molecule has 15 heteroatoms. The van der Waals surface area contributed by atoms with Gasteiger partial charge in [0.2, 0.25) is 36.0 Å². The number of halogens is 2. The van der Waals surface area contributed by atoms with Gasteiger partial charge in [0.25, 0.3) is 0 Å². The molecule has 294 valence electrons. The summed E-state index contributed by atoms with van der Waals surface area (Å²) >= 11 is 0. The minimum absolute atomic E-state index is 0.0497. The first-order valence-electron chi connectivity index (χ1n) is 18.5. The molecule has 2 saturated carbocycles. The van der Waals surface area contributed by atoms with Crippen LogP contribution in [-0.2, 0) is 24.0 Å². The number of fused-ring (bicyclic) bond motifs is 1. The van der Waals surface area contributed by atoms with E-state index in [4.69, 9.17) is 0 Å². The number of amides is 7. The van der Waals surface area contributed by atoms with Crippen molar-refractivity contribution < 1.29 is 37.5 Å². The molecule has 3 aliphatic rings. The summed E-state index contributed by atoms with van der Waals surface area (Å²) in [6, 6.07) is 3.14. The van der Waals surface area contributed by atoms with E-state index in [1.54, 1.807) is 30.3 Å². The first-order valence-corrected chi connectivity index (χ1v) is 18.5. The van der Waals surface area contributed by atoms with Crippen LogP contribution in [-0.4, -0.2) is 103 Å². The molecule has 6 atom stereocenters. The van der Waals surface area contributed by atoms with Crippen molar-refractivity contribution in [2.45, 2.75) is 116 Å². The Bertz CT molecular complexity index is 1530. The second-order valence-electron chi connectivity index (χ2n) is 17.0. The SMILES string of the molecule is CN(C)C(=O)[C@@H](NC(=O)CNC(=O)[C@H](CC(F)F)NC(=O)[C@@H]1C2C(CN1C(=O)[C@@H](NC(=O)NC1(C)CCCCC1)C(C)(C)C)C2(C)C)c1ccccc1. The van der Waals surface area contributed by atoms with Crippen LogP contribution in [0.5, 0.6) is 0 Å². The third-order valence-electron chi connectivity index (χ3n) is 11.1. The average molecular weight is 746 g/mol. The summed E-state index contributed by atoms with van der Waals surface area (Å²) in [5.41, 5.74) is -0.966. The van der Waals surface area contributed by atoms with Gasteiger partial charge in [0.05, 0.1) is 6.54 Å². The lowest BCUT2D eigenvalue weighted by Gasteiger charge is -2.39. The van der Waals surface area contributed by atoms with Crippen LogP contribution in [0.3, 0.4) is 0 Å². The van der Waals surface area contributed by atoms with Crippen molar-refractivity contribution in [3.05, 3.63) is 35.9 Å². The van der Waals surface area contributed by atoms with E-state index in [9.17, 15) is 37.5 Å². The van der Waals surface area contributed by atoms with Crippen LogP contribution in [0, 0.1) is 22.7 Å². The van der Waals surface area contributed by atoms with Gasteiger partial charge in [0.1, 0.15) is 24.2 Å². The van der Waals surface area contributed by atoms with E-state index >= 15 is 0 Å². The van der Waals surface area contributed by atoms with Crippen molar-refractivity contribution in [3.8, 4) is 0 Å². The van der Waals surface area contributed by atoms with Gasteiger partial charge in [-0.3, -0.25) is 24.0 Å². The predicted octanol–water partition coefficient (Wildman–Crippen LogP) is 3.11. The monoisotopic (exact) mass is 745 g/mol. The highest BCUT2D eigenvalue weighted by atomic mass is 19.3. The third-order valence-corrected chi connectivity index (χ3v) is 11.1. The van der Waals surface area contributed by atoms with E-state index in [-0.39, 0.29) is 23.8 Å². The molecule has 53 heavy (non-hydrogen) atoms. The van der Waals surface area contributed by atoms with E-state index in [0.29, 0.717) is 5.56 Å². The van der Waals surface area contributed by atoms with Crippen molar-refractivity contribution in [1.29, 1.82) is 0 Å². The molecule has 1 saturated heterocycles. The number of nitrogens with one attached hydrogen (secondary N) is 5. The lowest BCUT2D eigenvalue weighted by molar-refractivity contribution is -0.144. The molecule has 0 bridgehead atoms. The quantitative estimate of drug-likeness (QED) is 0.208. The number of hydrogen-bond donors (Lipinski definition) is 5.